The summed E-state index contributed by atoms with van der Waals surface area (Å²) in [5.74, 6) is 0.290. The van der Waals surface area contributed by atoms with Crippen molar-refractivity contribution in [3.8, 4) is 0 Å². The molecule has 0 atom stereocenters. The molecule has 1 aromatic carbocycles. The molecule has 6 nitrogen and oxygen atoms in total. The molecule has 0 spiro atoms. The predicted octanol–water partition coefficient (Wildman–Crippen LogP) is 1.98. The van der Waals surface area contributed by atoms with Crippen LogP contribution in [0.3, 0.4) is 0 Å². The number of nitrogens with zero attached hydrogens (tertiary/aromatic N) is 4. The summed E-state index contributed by atoms with van der Waals surface area (Å²) in [6.45, 7) is 4.87. The van der Waals surface area contributed by atoms with Crippen LogP contribution in [0, 0.1) is 6.92 Å². The van der Waals surface area contributed by atoms with E-state index in [1.54, 1.807) is 6.20 Å². The summed E-state index contributed by atoms with van der Waals surface area (Å²) in [5.41, 5.74) is 1.56. The summed E-state index contributed by atoms with van der Waals surface area (Å²) < 4.78 is 1.82. The third kappa shape index (κ3) is 3.24. The molecule has 0 aliphatic carbocycles. The average Bonchev–Trinajstić information content (AvgIpc) is 3.17. The van der Waals surface area contributed by atoms with E-state index in [9.17, 15) is 9.59 Å². The maximum absolute atomic E-state index is 13.2. The molecule has 0 N–H and O–H groups in total. The van der Waals surface area contributed by atoms with Crippen molar-refractivity contribution in [2.75, 3.05) is 26.2 Å². The summed E-state index contributed by atoms with van der Waals surface area (Å²) in [7, 11) is 0. The normalized spacial score (nSPS) is 18.9. The average molecular weight is 366 g/mol. The lowest BCUT2D eigenvalue weighted by Gasteiger charge is -2.45. The molecule has 0 unspecified atom stereocenters. The first-order chi connectivity index (χ1) is 13.1. The van der Waals surface area contributed by atoms with Gasteiger partial charge in [-0.15, -0.1) is 0 Å². The zero-order valence-electron chi connectivity index (χ0n) is 15.8. The van der Waals surface area contributed by atoms with Crippen LogP contribution in [0.4, 0.5) is 0 Å². The van der Waals surface area contributed by atoms with Gasteiger partial charge in [-0.2, -0.15) is 5.10 Å². The molecule has 6 heteroatoms. The van der Waals surface area contributed by atoms with E-state index >= 15 is 0 Å². The van der Waals surface area contributed by atoms with Crippen molar-refractivity contribution in [2.45, 2.75) is 38.1 Å². The molecule has 0 bridgehead atoms. The van der Waals surface area contributed by atoms with E-state index in [0.29, 0.717) is 32.4 Å². The number of piperidine rings is 1. The largest absolute Gasteiger partial charge is 0.342 e. The second-order valence-electron chi connectivity index (χ2n) is 7.61. The van der Waals surface area contributed by atoms with Crippen molar-refractivity contribution in [1.82, 2.24) is 19.6 Å². The maximum Gasteiger partial charge on any atom is 0.250 e. The van der Waals surface area contributed by atoms with E-state index < -0.39 is 5.54 Å². The van der Waals surface area contributed by atoms with Crippen LogP contribution in [0.5, 0.6) is 0 Å². The number of carbonyl (C=O) groups is 2. The second kappa shape index (κ2) is 7.18. The van der Waals surface area contributed by atoms with Gasteiger partial charge in [0.05, 0.1) is 6.42 Å². The summed E-state index contributed by atoms with van der Waals surface area (Å²) in [4.78, 5) is 29.8. The zero-order chi connectivity index (χ0) is 18.9. The first kappa shape index (κ1) is 17.8. The van der Waals surface area contributed by atoms with Gasteiger partial charge in [-0.05, 0) is 43.4 Å². The van der Waals surface area contributed by atoms with Gasteiger partial charge in [0, 0.05) is 38.6 Å². The van der Waals surface area contributed by atoms with Gasteiger partial charge in [-0.3, -0.25) is 14.3 Å². The highest BCUT2D eigenvalue weighted by atomic mass is 16.2. The van der Waals surface area contributed by atoms with E-state index in [4.69, 9.17) is 0 Å². The number of rotatable bonds is 4. The summed E-state index contributed by atoms with van der Waals surface area (Å²) in [6, 6.07) is 9.87. The minimum atomic E-state index is -0.649. The highest BCUT2D eigenvalue weighted by Gasteiger charge is 2.47. The van der Waals surface area contributed by atoms with Crippen LogP contribution >= 0.6 is 0 Å². The Labute approximate surface area is 159 Å². The maximum atomic E-state index is 13.2. The van der Waals surface area contributed by atoms with Crippen LogP contribution < -0.4 is 0 Å². The number of hydrogen-bond acceptors (Lipinski definition) is 3. The monoisotopic (exact) mass is 366 g/mol. The van der Waals surface area contributed by atoms with Crippen LogP contribution in [0.15, 0.2) is 42.7 Å². The third-order valence-corrected chi connectivity index (χ3v) is 6.03. The summed E-state index contributed by atoms with van der Waals surface area (Å²) in [6.07, 6.45) is 6.32. The van der Waals surface area contributed by atoms with Crippen LogP contribution in [-0.2, 0) is 21.5 Å². The number of amides is 2. The van der Waals surface area contributed by atoms with E-state index in [0.717, 1.165) is 30.6 Å². The predicted molar refractivity (Wildman–Crippen MR) is 102 cm³/mol. The van der Waals surface area contributed by atoms with Gasteiger partial charge in [0.25, 0.3) is 5.91 Å². The van der Waals surface area contributed by atoms with Crippen LogP contribution in [0.2, 0.25) is 0 Å². The quantitative estimate of drug-likeness (QED) is 0.831. The lowest BCUT2D eigenvalue weighted by molar-refractivity contribution is -0.150. The molecular weight excluding hydrogens is 340 g/mol. The lowest BCUT2D eigenvalue weighted by Crippen LogP contribution is -2.59. The molecule has 0 saturated carbocycles. The minimum absolute atomic E-state index is 0.134. The lowest BCUT2D eigenvalue weighted by atomic mass is 9.85. The van der Waals surface area contributed by atoms with Crippen LogP contribution in [0.25, 0.3) is 0 Å². The van der Waals surface area contributed by atoms with Gasteiger partial charge in [0.1, 0.15) is 5.54 Å². The highest BCUT2D eigenvalue weighted by molar-refractivity contribution is 5.86. The fourth-order valence-corrected chi connectivity index (χ4v) is 4.09. The molecule has 2 amide bonds. The molecule has 0 radical (unpaired) electrons. The number of carbonyl (C=O) groups excluding carboxylic acids is 2. The van der Waals surface area contributed by atoms with Crippen molar-refractivity contribution in [2.24, 2.45) is 0 Å². The van der Waals surface area contributed by atoms with Crippen molar-refractivity contribution >= 4 is 11.8 Å². The molecule has 27 heavy (non-hydrogen) atoms. The molecule has 3 heterocycles. The minimum Gasteiger partial charge on any atom is -0.342 e. The molecule has 2 saturated heterocycles. The van der Waals surface area contributed by atoms with Crippen LogP contribution in [0.1, 0.15) is 30.4 Å². The van der Waals surface area contributed by atoms with E-state index in [2.05, 4.69) is 5.10 Å². The Kier molecular flexibility index (Phi) is 4.72. The Hall–Kier alpha value is -2.63. The number of benzene rings is 1. The van der Waals surface area contributed by atoms with Crippen molar-refractivity contribution in [3.63, 3.8) is 0 Å². The van der Waals surface area contributed by atoms with Crippen molar-refractivity contribution in [3.05, 3.63) is 53.9 Å². The Morgan fingerprint density at radius 1 is 1.04 bits per heavy atom. The van der Waals surface area contributed by atoms with Crippen molar-refractivity contribution in [1.29, 1.82) is 0 Å². The smallest absolute Gasteiger partial charge is 0.250 e. The molecule has 142 valence electrons. The molecule has 2 aliphatic heterocycles. The Bertz CT molecular complexity index is 818. The second-order valence-corrected chi connectivity index (χ2v) is 7.61. The van der Waals surface area contributed by atoms with Gasteiger partial charge < -0.3 is 9.80 Å². The van der Waals surface area contributed by atoms with E-state index in [1.807, 2.05) is 57.9 Å². The molecule has 4 rings (SSSR count). The van der Waals surface area contributed by atoms with Gasteiger partial charge >= 0.3 is 0 Å². The first-order valence-electron chi connectivity index (χ1n) is 9.72. The number of likely N-dealkylation sites (tertiary alicyclic amines) is 2. The fraction of sp³-hybridized carbons (Fsp3) is 0.476. The SMILES string of the molecule is Cc1ccccc1CC(=O)N1CCC(C(=O)N2CCC2)(n2cccn2)CC1. The number of aromatic nitrogens is 2. The van der Waals surface area contributed by atoms with Gasteiger partial charge in [0.2, 0.25) is 5.91 Å². The Balaban J connectivity index is 1.47. The van der Waals surface area contributed by atoms with E-state index in [-0.39, 0.29) is 11.8 Å². The third-order valence-electron chi connectivity index (χ3n) is 6.03. The highest BCUT2D eigenvalue weighted by Crippen LogP contribution is 2.33. The standard InChI is InChI=1S/C21H26N4O2/c1-17-6-2-3-7-18(17)16-19(26)23-14-8-21(9-15-23,25-13-4-10-22-25)20(27)24-11-5-12-24/h2-4,6-7,10,13H,5,8-9,11-12,14-16H2,1H3. The Morgan fingerprint density at radius 3 is 2.37 bits per heavy atom. The summed E-state index contributed by atoms with van der Waals surface area (Å²) >= 11 is 0. The molecule has 2 aliphatic rings. The molecule has 2 fully saturated rings. The van der Waals surface area contributed by atoms with Crippen molar-refractivity contribution < 1.29 is 9.59 Å². The molecule has 2 aromatic rings. The van der Waals surface area contributed by atoms with Crippen LogP contribution in [-0.4, -0.2) is 57.6 Å². The Morgan fingerprint density at radius 2 is 1.78 bits per heavy atom. The van der Waals surface area contributed by atoms with E-state index in [1.165, 1.54) is 0 Å². The molecule has 1 aromatic heterocycles. The van der Waals surface area contributed by atoms with Gasteiger partial charge in [-0.25, -0.2) is 0 Å². The topological polar surface area (TPSA) is 58.4 Å². The number of hydrogen-bond donors (Lipinski definition) is 0. The van der Waals surface area contributed by atoms with Gasteiger partial charge in [-0.1, -0.05) is 24.3 Å². The number of aryl methyl sites for hydroxylation is 1. The fourth-order valence-electron chi connectivity index (χ4n) is 4.09. The zero-order valence-corrected chi connectivity index (χ0v) is 15.8. The van der Waals surface area contributed by atoms with Gasteiger partial charge in [0.15, 0.2) is 0 Å². The molecular formula is C21H26N4O2. The summed E-state index contributed by atoms with van der Waals surface area (Å²) in [5, 5.41) is 4.39. The first-order valence-corrected chi connectivity index (χ1v) is 9.72.